The number of hydrogen-bond donors (Lipinski definition) is 1. The van der Waals surface area contributed by atoms with E-state index in [4.69, 9.17) is 8.92 Å². The van der Waals surface area contributed by atoms with E-state index >= 15 is 0 Å². The van der Waals surface area contributed by atoms with Crippen LogP contribution in [0.25, 0.3) is 0 Å². The van der Waals surface area contributed by atoms with Crippen molar-refractivity contribution in [3.8, 4) is 0 Å². The van der Waals surface area contributed by atoms with Crippen LogP contribution in [0.2, 0.25) is 0 Å². The third-order valence-corrected chi connectivity index (χ3v) is 4.12. The minimum atomic E-state index is -3.94. The van der Waals surface area contributed by atoms with Crippen molar-refractivity contribution in [2.24, 2.45) is 0 Å². The number of aryl methyl sites for hydroxylation is 1. The molecule has 2 rings (SSSR count). The third-order valence-electron chi connectivity index (χ3n) is 2.82. The lowest BCUT2D eigenvalue weighted by Crippen LogP contribution is -2.30. The fourth-order valence-corrected chi connectivity index (χ4v) is 2.74. The topological polar surface area (TPSA) is 72.8 Å². The summed E-state index contributed by atoms with van der Waals surface area (Å²) in [5.41, 5.74) is 0.952. The molecule has 0 radical (unpaired) electrons. The van der Waals surface area contributed by atoms with E-state index < -0.39 is 22.5 Å². The second kappa shape index (κ2) is 5.36. The highest BCUT2D eigenvalue weighted by atomic mass is 32.2. The molecule has 0 spiro atoms. The van der Waals surface area contributed by atoms with Crippen LogP contribution in [0, 0.1) is 6.92 Å². The summed E-state index contributed by atoms with van der Waals surface area (Å²) in [7, 11) is -3.94. The van der Waals surface area contributed by atoms with Gasteiger partial charge in [-0.15, -0.1) is 0 Å². The molecule has 1 aliphatic heterocycles. The molecular formula is C12H16O5S. The molecule has 1 fully saturated rings. The Balaban J connectivity index is 2.09. The maximum Gasteiger partial charge on any atom is 0.299 e. The van der Waals surface area contributed by atoms with Crippen LogP contribution in [0.4, 0.5) is 0 Å². The van der Waals surface area contributed by atoms with Gasteiger partial charge in [0.25, 0.3) is 10.1 Å². The van der Waals surface area contributed by atoms with Crippen LogP contribution in [0.1, 0.15) is 18.4 Å². The van der Waals surface area contributed by atoms with Crippen molar-refractivity contribution in [1.29, 1.82) is 0 Å². The van der Waals surface area contributed by atoms with Crippen LogP contribution in [0.5, 0.6) is 0 Å². The Morgan fingerprint density at radius 2 is 2.06 bits per heavy atom. The molecule has 1 aromatic rings. The zero-order valence-corrected chi connectivity index (χ0v) is 10.9. The highest BCUT2D eigenvalue weighted by Crippen LogP contribution is 2.21. The van der Waals surface area contributed by atoms with Crippen LogP contribution in [0.3, 0.4) is 0 Å². The van der Waals surface area contributed by atoms with Gasteiger partial charge in [0.2, 0.25) is 0 Å². The average Bonchev–Trinajstić information content (AvgIpc) is 2.82. The second-order valence-corrected chi connectivity index (χ2v) is 5.88. The van der Waals surface area contributed by atoms with E-state index in [0.29, 0.717) is 13.0 Å². The first-order valence-corrected chi connectivity index (χ1v) is 7.19. The smallest absolute Gasteiger partial charge is 0.299 e. The van der Waals surface area contributed by atoms with Crippen LogP contribution in [-0.4, -0.2) is 32.5 Å². The Kier molecular flexibility index (Phi) is 4.01. The quantitative estimate of drug-likeness (QED) is 0.658. The molecule has 2 atom stereocenters. The van der Waals surface area contributed by atoms with Crippen molar-refractivity contribution >= 4 is 10.1 Å². The molecule has 5 nitrogen and oxygen atoms in total. The fourth-order valence-electron chi connectivity index (χ4n) is 1.78. The first-order chi connectivity index (χ1) is 8.49. The van der Waals surface area contributed by atoms with E-state index in [1.807, 2.05) is 6.92 Å². The van der Waals surface area contributed by atoms with Crippen LogP contribution in [0.15, 0.2) is 29.2 Å². The van der Waals surface area contributed by atoms with Gasteiger partial charge in [-0.25, -0.2) is 4.18 Å². The van der Waals surface area contributed by atoms with Gasteiger partial charge >= 0.3 is 0 Å². The summed E-state index contributed by atoms with van der Waals surface area (Å²) in [5, 5.41) is 9.67. The maximum atomic E-state index is 11.9. The maximum absolute atomic E-state index is 11.9. The van der Waals surface area contributed by atoms with E-state index in [9.17, 15) is 13.5 Å². The standard InChI is InChI=1S/C12H16O5S/c1-9-4-6-10(7-5-9)18(14,15)17-12(13)11-3-2-8-16-11/h4-7,11-13H,2-3,8H2,1H3. The van der Waals surface area contributed by atoms with Gasteiger partial charge in [-0.05, 0) is 31.9 Å². The lowest BCUT2D eigenvalue weighted by atomic mass is 10.2. The van der Waals surface area contributed by atoms with Crippen molar-refractivity contribution in [1.82, 2.24) is 0 Å². The molecule has 18 heavy (non-hydrogen) atoms. The van der Waals surface area contributed by atoms with Gasteiger partial charge in [0.15, 0.2) is 6.29 Å². The molecular weight excluding hydrogens is 256 g/mol. The molecule has 6 heteroatoms. The van der Waals surface area contributed by atoms with E-state index in [1.165, 1.54) is 12.1 Å². The molecule has 0 aliphatic carbocycles. The second-order valence-electron chi connectivity index (χ2n) is 4.31. The lowest BCUT2D eigenvalue weighted by Gasteiger charge is -2.17. The summed E-state index contributed by atoms with van der Waals surface area (Å²) in [4.78, 5) is 0.0325. The van der Waals surface area contributed by atoms with Crippen molar-refractivity contribution < 1.29 is 22.4 Å². The Hall–Kier alpha value is -0.950. The zero-order chi connectivity index (χ0) is 13.2. The fraction of sp³-hybridized carbons (Fsp3) is 0.500. The number of aliphatic hydroxyl groups is 1. The number of aliphatic hydroxyl groups excluding tert-OH is 1. The Bertz CT molecular complexity index is 488. The van der Waals surface area contributed by atoms with Gasteiger partial charge in [-0.2, -0.15) is 8.42 Å². The largest absolute Gasteiger partial charge is 0.373 e. The number of benzene rings is 1. The van der Waals surface area contributed by atoms with Gasteiger partial charge in [0, 0.05) is 6.61 Å². The van der Waals surface area contributed by atoms with Crippen LogP contribution < -0.4 is 0 Å². The minimum Gasteiger partial charge on any atom is -0.373 e. The molecule has 1 saturated heterocycles. The molecule has 0 saturated carbocycles. The van der Waals surface area contributed by atoms with E-state index in [1.54, 1.807) is 12.1 Å². The van der Waals surface area contributed by atoms with Gasteiger partial charge in [0.1, 0.15) is 6.10 Å². The summed E-state index contributed by atoms with van der Waals surface area (Å²) in [5.74, 6) is 0. The van der Waals surface area contributed by atoms with Gasteiger partial charge < -0.3 is 9.84 Å². The monoisotopic (exact) mass is 272 g/mol. The summed E-state index contributed by atoms with van der Waals surface area (Å²) in [6.45, 7) is 2.38. The SMILES string of the molecule is Cc1ccc(S(=O)(=O)OC(O)C2CCCO2)cc1. The summed E-state index contributed by atoms with van der Waals surface area (Å²) < 4.78 is 33.7. The molecule has 0 aromatic heterocycles. The van der Waals surface area contributed by atoms with Gasteiger partial charge in [0.05, 0.1) is 4.90 Å². The number of hydrogen-bond acceptors (Lipinski definition) is 5. The van der Waals surface area contributed by atoms with Gasteiger partial charge in [-0.1, -0.05) is 17.7 Å². The lowest BCUT2D eigenvalue weighted by molar-refractivity contribution is -0.107. The molecule has 0 amide bonds. The first-order valence-electron chi connectivity index (χ1n) is 5.79. The summed E-state index contributed by atoms with van der Waals surface area (Å²) in [6, 6.07) is 6.25. The van der Waals surface area contributed by atoms with Gasteiger partial charge in [-0.3, -0.25) is 0 Å². The van der Waals surface area contributed by atoms with E-state index in [0.717, 1.165) is 12.0 Å². The van der Waals surface area contributed by atoms with Crippen molar-refractivity contribution in [3.63, 3.8) is 0 Å². The molecule has 0 bridgehead atoms. The molecule has 100 valence electrons. The average molecular weight is 272 g/mol. The van der Waals surface area contributed by atoms with E-state index in [-0.39, 0.29) is 4.90 Å². The van der Waals surface area contributed by atoms with Crippen molar-refractivity contribution in [3.05, 3.63) is 29.8 Å². The van der Waals surface area contributed by atoms with Crippen molar-refractivity contribution in [2.45, 2.75) is 37.1 Å². The summed E-state index contributed by atoms with van der Waals surface area (Å²) in [6.07, 6.45) is -0.607. The molecule has 2 unspecified atom stereocenters. The molecule has 1 heterocycles. The molecule has 1 aromatic carbocycles. The molecule has 1 aliphatic rings. The van der Waals surface area contributed by atoms with E-state index in [2.05, 4.69) is 0 Å². The normalized spacial score (nSPS) is 22.0. The summed E-state index contributed by atoms with van der Waals surface area (Å²) >= 11 is 0. The van der Waals surface area contributed by atoms with Crippen LogP contribution >= 0.6 is 0 Å². The number of rotatable bonds is 4. The highest BCUT2D eigenvalue weighted by molar-refractivity contribution is 7.86. The Morgan fingerprint density at radius 3 is 2.61 bits per heavy atom. The Labute approximate surface area is 106 Å². The molecule has 1 N–H and O–H groups in total. The number of ether oxygens (including phenoxy) is 1. The third kappa shape index (κ3) is 3.08. The minimum absolute atomic E-state index is 0.0325. The highest BCUT2D eigenvalue weighted by Gasteiger charge is 2.30. The zero-order valence-electron chi connectivity index (χ0n) is 10.1. The Morgan fingerprint density at radius 1 is 1.39 bits per heavy atom. The first kappa shape index (κ1) is 13.5. The predicted octanol–water partition coefficient (Wildman–Crippen LogP) is 1.20. The van der Waals surface area contributed by atoms with Crippen molar-refractivity contribution in [2.75, 3.05) is 6.61 Å². The predicted molar refractivity (Wildman–Crippen MR) is 64.4 cm³/mol. The van der Waals surface area contributed by atoms with Crippen LogP contribution in [-0.2, 0) is 19.0 Å².